The van der Waals surface area contributed by atoms with E-state index in [9.17, 15) is 43.7 Å². The van der Waals surface area contributed by atoms with E-state index in [0.717, 1.165) is 0 Å². The topological polar surface area (TPSA) is 465 Å². The highest BCUT2D eigenvalue weighted by Gasteiger charge is 2.55. The number of hydrogen-bond donors (Lipinski definition) is 9. The zero-order valence-electron chi connectivity index (χ0n) is 33.0. The van der Waals surface area contributed by atoms with Crippen molar-refractivity contribution in [2.75, 3.05) is 37.0 Å². The number of rotatable bonds is 3. The van der Waals surface area contributed by atoms with Crippen LogP contribution in [0.2, 0.25) is 0 Å². The minimum atomic E-state index is -4.16. The minimum Gasteiger partial charge on any atom is -0.386 e. The number of ether oxygens (including phenoxy) is 3. The predicted molar refractivity (Wildman–Crippen MR) is 211 cm³/mol. The number of nitrogen functional groups attached to an aromatic ring is 3. The Morgan fingerprint density at radius 1 is 0.470 bits per heavy atom. The molecule has 6 aromatic heterocycles. The Morgan fingerprint density at radius 2 is 0.742 bits per heavy atom. The van der Waals surface area contributed by atoms with Crippen molar-refractivity contribution in [1.29, 1.82) is 0 Å². The normalized spacial score (nSPS) is 38.3. The molecule has 6 aromatic rings. The zero-order chi connectivity index (χ0) is 46.4. The molecular formula is C30H36N15O18P3. The fraction of sp³-hybridized carbons (Fsp3) is 0.500. The van der Waals surface area contributed by atoms with E-state index < -0.39 is 97.1 Å². The van der Waals surface area contributed by atoms with Crippen LogP contribution in [-0.2, 0) is 55.0 Å². The number of nitrogens with two attached hydrogens (primary N) is 3. The Morgan fingerprint density at radius 3 is 1.02 bits per heavy atom. The van der Waals surface area contributed by atoms with Gasteiger partial charge in [0, 0.05) is 0 Å². The van der Waals surface area contributed by atoms with Gasteiger partial charge in [0.1, 0.15) is 90.5 Å². The zero-order valence-corrected chi connectivity index (χ0v) is 35.7. The Bertz CT molecular complexity index is 2660. The summed E-state index contributed by atoms with van der Waals surface area (Å²) in [7, 11) is -12.5. The van der Waals surface area contributed by atoms with Crippen molar-refractivity contribution in [3.05, 3.63) is 38.0 Å². The molecule has 12 heterocycles. The van der Waals surface area contributed by atoms with E-state index in [-0.39, 0.29) is 37.3 Å². The number of phosphoric ester groups is 3. The molecule has 15 atom stereocenters. The third-order valence-electron chi connectivity index (χ3n) is 10.9. The first-order valence-corrected chi connectivity index (χ1v) is 23.6. The van der Waals surface area contributed by atoms with Crippen molar-refractivity contribution in [2.24, 2.45) is 0 Å². The number of phosphoric acid groups is 3. The van der Waals surface area contributed by atoms with Crippen LogP contribution in [0.3, 0.4) is 0 Å². The largest absolute Gasteiger partial charge is 0.472 e. The quantitative estimate of drug-likeness (QED) is 0.0831. The molecule has 6 aliphatic rings. The predicted octanol–water partition coefficient (Wildman–Crippen LogP) is -2.45. The molecule has 0 spiro atoms. The van der Waals surface area contributed by atoms with Gasteiger partial charge in [-0.25, -0.2) is 58.6 Å². The third kappa shape index (κ3) is 8.10. The molecule has 0 radical (unpaired) electrons. The number of imidazole rings is 3. The molecule has 6 saturated heterocycles. The fourth-order valence-corrected chi connectivity index (χ4v) is 10.8. The van der Waals surface area contributed by atoms with E-state index in [2.05, 4.69) is 58.4 Å². The lowest BCUT2D eigenvalue weighted by Crippen LogP contribution is -2.39. The van der Waals surface area contributed by atoms with Crippen molar-refractivity contribution < 1.29 is 85.0 Å². The number of aliphatic hydroxyl groups is 3. The van der Waals surface area contributed by atoms with Crippen molar-refractivity contribution >= 4 is 74.4 Å². The second-order valence-corrected chi connectivity index (χ2v) is 19.1. The lowest BCUT2D eigenvalue weighted by molar-refractivity contribution is -0.0665. The molecule has 6 aliphatic heterocycles. The number of fused-ring (bicyclic) bond motifs is 6. The van der Waals surface area contributed by atoms with Crippen molar-refractivity contribution in [3.8, 4) is 0 Å². The van der Waals surface area contributed by atoms with E-state index in [0.29, 0.717) is 33.5 Å². The van der Waals surface area contributed by atoms with Crippen molar-refractivity contribution in [1.82, 2.24) is 58.6 Å². The molecule has 354 valence electrons. The molecule has 12 rings (SSSR count). The summed E-state index contributed by atoms with van der Waals surface area (Å²) in [6.07, 6.45) is -3.20. The molecule has 0 aromatic carbocycles. The van der Waals surface area contributed by atoms with Gasteiger partial charge in [0.2, 0.25) is 0 Å². The van der Waals surface area contributed by atoms with Gasteiger partial charge in [-0.15, -0.1) is 0 Å². The van der Waals surface area contributed by atoms with Crippen LogP contribution in [-0.4, -0.2) is 163 Å². The maximum absolute atomic E-state index is 11.5. The van der Waals surface area contributed by atoms with Crippen LogP contribution in [0, 0.1) is 0 Å². The number of anilines is 3. The van der Waals surface area contributed by atoms with Gasteiger partial charge in [0.05, 0.1) is 38.8 Å². The van der Waals surface area contributed by atoms with Crippen molar-refractivity contribution in [3.63, 3.8) is 0 Å². The SMILES string of the molecule is Nc1ncnc2c1ncn2[C@@H]1O[C@@H]2COP(=O)(O)O[C@H]2[C@H]1O.Nc1ncnc2c1ncn2[C@@H]1O[C@@H]2COP(=O)(O)O[C@H]2[C@H]1O.Nc1ncnc2c1ncn2[C@@H]1O[C@@H]2COP(=O)(O)O[C@H]2[C@H]1O. The second-order valence-electron chi connectivity index (χ2n) is 14.9. The van der Waals surface area contributed by atoms with Crippen LogP contribution in [0.4, 0.5) is 17.5 Å². The second kappa shape index (κ2) is 16.7. The molecule has 36 heteroatoms. The summed E-state index contributed by atoms with van der Waals surface area (Å²) in [6.45, 7) is -0.471. The first kappa shape index (κ1) is 44.9. The summed E-state index contributed by atoms with van der Waals surface area (Å²) in [5.41, 5.74) is 19.4. The van der Waals surface area contributed by atoms with Gasteiger partial charge in [0.15, 0.2) is 53.1 Å². The molecule has 3 unspecified atom stereocenters. The summed E-state index contributed by atoms with van der Waals surface area (Å²) < 4.78 is 84.5. The highest BCUT2D eigenvalue weighted by Crippen LogP contribution is 2.55. The summed E-state index contributed by atoms with van der Waals surface area (Å²) >= 11 is 0. The Labute approximate surface area is 366 Å². The van der Waals surface area contributed by atoms with Gasteiger partial charge in [0.25, 0.3) is 0 Å². The maximum Gasteiger partial charge on any atom is 0.472 e. The lowest BCUT2D eigenvalue weighted by atomic mass is 10.1. The van der Waals surface area contributed by atoms with Crippen LogP contribution in [0.5, 0.6) is 0 Å². The van der Waals surface area contributed by atoms with Gasteiger partial charge >= 0.3 is 23.5 Å². The third-order valence-corrected chi connectivity index (χ3v) is 13.8. The lowest BCUT2D eigenvalue weighted by Gasteiger charge is -2.27. The van der Waals surface area contributed by atoms with E-state index >= 15 is 0 Å². The average Bonchev–Trinajstić information content (AvgIpc) is 4.14. The highest BCUT2D eigenvalue weighted by molar-refractivity contribution is 7.48. The summed E-state index contributed by atoms with van der Waals surface area (Å²) in [4.78, 5) is 64.0. The Balaban J connectivity index is 0.000000116. The number of nitrogens with zero attached hydrogens (tertiary/aromatic N) is 12. The van der Waals surface area contributed by atoms with Crippen LogP contribution < -0.4 is 17.2 Å². The molecule has 0 amide bonds. The van der Waals surface area contributed by atoms with E-state index in [4.69, 9.17) is 45.0 Å². The van der Waals surface area contributed by atoms with Gasteiger partial charge in [-0.1, -0.05) is 0 Å². The molecule has 0 bridgehead atoms. The molecule has 0 aliphatic carbocycles. The summed E-state index contributed by atoms with van der Waals surface area (Å²) in [5.74, 6) is 0.606. The number of aromatic nitrogens is 12. The van der Waals surface area contributed by atoms with Crippen LogP contribution in [0.1, 0.15) is 18.7 Å². The number of hydrogen-bond acceptors (Lipinski definition) is 27. The highest BCUT2D eigenvalue weighted by atomic mass is 31.2. The van der Waals surface area contributed by atoms with E-state index in [1.165, 1.54) is 51.7 Å². The molecule has 66 heavy (non-hydrogen) atoms. The Hall–Kier alpha value is -4.86. The molecule has 0 saturated carbocycles. The summed E-state index contributed by atoms with van der Waals surface area (Å²) in [6, 6.07) is 0. The van der Waals surface area contributed by atoms with Gasteiger partial charge in [-0.3, -0.25) is 40.8 Å². The molecule has 33 nitrogen and oxygen atoms in total. The van der Waals surface area contributed by atoms with Crippen LogP contribution in [0.25, 0.3) is 33.5 Å². The van der Waals surface area contributed by atoms with Crippen LogP contribution >= 0.6 is 23.5 Å². The first-order chi connectivity index (χ1) is 31.4. The summed E-state index contributed by atoms with van der Waals surface area (Å²) in [5, 5.41) is 31.1. The fourth-order valence-electron chi connectivity index (χ4n) is 7.87. The van der Waals surface area contributed by atoms with Crippen molar-refractivity contribution in [2.45, 2.75) is 73.6 Å². The van der Waals surface area contributed by atoms with E-state index in [1.54, 1.807) is 0 Å². The van der Waals surface area contributed by atoms with E-state index in [1.807, 2.05) is 0 Å². The first-order valence-electron chi connectivity index (χ1n) is 19.2. The Kier molecular flexibility index (Phi) is 11.4. The van der Waals surface area contributed by atoms with Gasteiger partial charge in [-0.2, -0.15) is 0 Å². The number of aliphatic hydroxyl groups excluding tert-OH is 3. The van der Waals surface area contributed by atoms with Crippen LogP contribution in [0.15, 0.2) is 38.0 Å². The average molecular weight is 988 g/mol. The monoisotopic (exact) mass is 987 g/mol. The standard InChI is InChI=1S/3C10H12N5O6P/c3*11-8-5-9(13-2-12-8)15(3-14-5)10-6(16)7-4(20-10)1-19-22(17,18)21-7/h3*2-4,6-7,10,16H,1H2,(H,17,18)(H2,11,12,13)/t3*4-,6-,7-,10-/m111/s1. The maximum atomic E-state index is 11.5. The minimum absolute atomic E-state index is 0.157. The molecule has 12 N–H and O–H groups in total. The molecule has 6 fully saturated rings. The van der Waals surface area contributed by atoms with Gasteiger partial charge in [-0.05, 0) is 0 Å². The molecular weight excluding hydrogens is 951 g/mol. The smallest absolute Gasteiger partial charge is 0.386 e. The van der Waals surface area contributed by atoms with Gasteiger partial charge < -0.3 is 61.4 Å².